The molecule has 0 heterocycles. The van der Waals surface area contributed by atoms with E-state index in [1.54, 1.807) is 18.2 Å². The number of aromatic hydroxyl groups is 1. The van der Waals surface area contributed by atoms with E-state index >= 15 is 0 Å². The summed E-state index contributed by atoms with van der Waals surface area (Å²) in [7, 11) is 0. The van der Waals surface area contributed by atoms with Crippen molar-refractivity contribution < 1.29 is 15.0 Å². The summed E-state index contributed by atoms with van der Waals surface area (Å²) >= 11 is 13.9. The van der Waals surface area contributed by atoms with Gasteiger partial charge in [-0.2, -0.15) is 0 Å². The van der Waals surface area contributed by atoms with Gasteiger partial charge in [-0.15, -0.1) is 11.8 Å². The Balaban J connectivity index is 2.27. The standard InChI is InChI=1S/C18H18Cl2O3S/c1-10(2)13-5-11(3-4-17(13)21)6-14-15(19)7-12(8-16(14)20)24-9-18(22)23/h3-5,7-8,10,21H,6,9H2,1-2H3,(H,22,23). The van der Waals surface area contributed by atoms with Crippen LogP contribution in [-0.2, 0) is 11.2 Å². The van der Waals surface area contributed by atoms with Crippen molar-refractivity contribution in [1.82, 2.24) is 0 Å². The van der Waals surface area contributed by atoms with E-state index in [0.29, 0.717) is 16.5 Å². The maximum atomic E-state index is 10.7. The number of hydrogen-bond donors (Lipinski definition) is 2. The SMILES string of the molecule is CC(C)c1cc(Cc2c(Cl)cc(SCC(=O)O)cc2Cl)ccc1O. The van der Waals surface area contributed by atoms with Gasteiger partial charge < -0.3 is 10.2 Å². The molecule has 0 fully saturated rings. The topological polar surface area (TPSA) is 57.5 Å². The summed E-state index contributed by atoms with van der Waals surface area (Å²) in [4.78, 5) is 11.4. The van der Waals surface area contributed by atoms with Crippen molar-refractivity contribution in [3.8, 4) is 5.75 Å². The summed E-state index contributed by atoms with van der Waals surface area (Å²) in [6, 6.07) is 8.96. The smallest absolute Gasteiger partial charge is 0.313 e. The van der Waals surface area contributed by atoms with E-state index < -0.39 is 5.97 Å². The number of aliphatic carboxylic acids is 1. The minimum absolute atomic E-state index is 0.0400. The van der Waals surface area contributed by atoms with E-state index in [9.17, 15) is 9.90 Å². The molecular formula is C18H18Cl2O3S. The molecule has 0 spiro atoms. The number of carboxylic acid groups (broad SMARTS) is 1. The second kappa shape index (κ2) is 8.15. The fourth-order valence-corrected chi connectivity index (χ4v) is 3.80. The minimum Gasteiger partial charge on any atom is -0.508 e. The van der Waals surface area contributed by atoms with E-state index in [2.05, 4.69) is 0 Å². The molecule has 128 valence electrons. The van der Waals surface area contributed by atoms with Crippen LogP contribution in [0, 0.1) is 0 Å². The summed E-state index contributed by atoms with van der Waals surface area (Å²) < 4.78 is 0. The highest BCUT2D eigenvalue weighted by Gasteiger charge is 2.13. The normalized spacial score (nSPS) is 11.0. The van der Waals surface area contributed by atoms with Crippen molar-refractivity contribution in [2.45, 2.75) is 31.1 Å². The highest BCUT2D eigenvalue weighted by Crippen LogP contribution is 2.34. The first-order valence-electron chi connectivity index (χ1n) is 7.42. The predicted octanol–water partition coefficient (Wildman–Crippen LogP) is 5.59. The molecule has 6 heteroatoms. The molecule has 0 aliphatic rings. The molecule has 2 aromatic carbocycles. The molecular weight excluding hydrogens is 367 g/mol. The van der Waals surface area contributed by atoms with E-state index in [-0.39, 0.29) is 17.4 Å². The molecule has 0 atom stereocenters. The van der Waals surface area contributed by atoms with Crippen LogP contribution in [-0.4, -0.2) is 21.9 Å². The number of phenolic OH excluding ortho intramolecular Hbond substituents is 1. The monoisotopic (exact) mass is 384 g/mol. The van der Waals surface area contributed by atoms with E-state index in [1.807, 2.05) is 26.0 Å². The molecule has 2 N–H and O–H groups in total. The third-order valence-corrected chi connectivity index (χ3v) is 5.21. The van der Waals surface area contributed by atoms with Crippen molar-refractivity contribution >= 4 is 40.9 Å². The van der Waals surface area contributed by atoms with E-state index in [0.717, 1.165) is 21.6 Å². The summed E-state index contributed by atoms with van der Waals surface area (Å²) in [5, 5.41) is 19.7. The zero-order valence-electron chi connectivity index (χ0n) is 13.3. The van der Waals surface area contributed by atoms with E-state index in [4.69, 9.17) is 28.3 Å². The number of halogens is 2. The maximum Gasteiger partial charge on any atom is 0.313 e. The van der Waals surface area contributed by atoms with Crippen LogP contribution in [0.4, 0.5) is 0 Å². The predicted molar refractivity (Wildman–Crippen MR) is 99.8 cm³/mol. The number of rotatable bonds is 6. The minimum atomic E-state index is -0.887. The number of carboxylic acids is 1. The largest absolute Gasteiger partial charge is 0.508 e. The number of hydrogen-bond acceptors (Lipinski definition) is 3. The Kier molecular flexibility index (Phi) is 6.44. The molecule has 2 aromatic rings. The van der Waals surface area contributed by atoms with Crippen LogP contribution in [0.5, 0.6) is 5.75 Å². The third kappa shape index (κ3) is 4.82. The van der Waals surface area contributed by atoms with Crippen LogP contribution in [0.3, 0.4) is 0 Å². The van der Waals surface area contributed by atoms with Crippen molar-refractivity contribution in [3.05, 3.63) is 57.1 Å². The van der Waals surface area contributed by atoms with E-state index in [1.165, 1.54) is 11.8 Å². The first kappa shape index (κ1) is 19.0. The number of benzene rings is 2. The lowest BCUT2D eigenvalue weighted by Gasteiger charge is -2.13. The zero-order valence-corrected chi connectivity index (χ0v) is 15.7. The third-order valence-electron chi connectivity index (χ3n) is 3.57. The van der Waals surface area contributed by atoms with Crippen LogP contribution >= 0.6 is 35.0 Å². The maximum absolute atomic E-state index is 10.7. The Hall–Kier alpha value is -1.36. The Labute approximate surface area is 155 Å². The first-order valence-corrected chi connectivity index (χ1v) is 9.16. The summed E-state index contributed by atoms with van der Waals surface area (Å²) in [6.45, 7) is 4.04. The van der Waals surface area contributed by atoms with Crippen molar-refractivity contribution in [3.63, 3.8) is 0 Å². The van der Waals surface area contributed by atoms with Gasteiger partial charge in [0.05, 0.1) is 5.75 Å². The van der Waals surface area contributed by atoms with Gasteiger partial charge in [-0.3, -0.25) is 4.79 Å². The average molecular weight is 385 g/mol. The van der Waals surface area contributed by atoms with Crippen molar-refractivity contribution in [2.75, 3.05) is 5.75 Å². The van der Waals surface area contributed by atoms with Crippen LogP contribution in [0.2, 0.25) is 10.0 Å². The van der Waals surface area contributed by atoms with Gasteiger partial charge in [0.25, 0.3) is 0 Å². The van der Waals surface area contributed by atoms with Crippen LogP contribution in [0.25, 0.3) is 0 Å². The van der Waals surface area contributed by atoms with Crippen LogP contribution in [0.1, 0.15) is 36.5 Å². The van der Waals surface area contributed by atoms with Crippen LogP contribution < -0.4 is 0 Å². The van der Waals surface area contributed by atoms with Gasteiger partial charge >= 0.3 is 5.97 Å². The lowest BCUT2D eigenvalue weighted by Crippen LogP contribution is -1.98. The zero-order chi connectivity index (χ0) is 17.9. The number of thioether (sulfide) groups is 1. The quantitative estimate of drug-likeness (QED) is 0.637. The fourth-order valence-electron chi connectivity index (χ4n) is 2.36. The van der Waals surface area contributed by atoms with Gasteiger partial charge in [0.2, 0.25) is 0 Å². The molecule has 3 nitrogen and oxygen atoms in total. The van der Waals surface area contributed by atoms with Gasteiger partial charge in [-0.05, 0) is 40.8 Å². The highest BCUT2D eigenvalue weighted by molar-refractivity contribution is 8.00. The van der Waals surface area contributed by atoms with Crippen LogP contribution in [0.15, 0.2) is 35.2 Å². The molecule has 0 amide bonds. The van der Waals surface area contributed by atoms with Gasteiger partial charge in [-0.25, -0.2) is 0 Å². The van der Waals surface area contributed by atoms with Gasteiger partial charge in [0.1, 0.15) is 5.75 Å². The number of phenols is 1. The Bertz CT molecular complexity index is 737. The molecule has 2 rings (SSSR count). The average Bonchev–Trinajstić information content (AvgIpc) is 2.50. The second-order valence-corrected chi connectivity index (χ2v) is 7.64. The molecule has 0 saturated heterocycles. The molecule has 0 radical (unpaired) electrons. The van der Waals surface area contributed by atoms with Gasteiger partial charge in [-0.1, -0.05) is 49.2 Å². The number of carbonyl (C=O) groups is 1. The lowest BCUT2D eigenvalue weighted by atomic mass is 9.96. The molecule has 0 unspecified atom stereocenters. The molecule has 0 aliphatic heterocycles. The second-order valence-electron chi connectivity index (χ2n) is 5.77. The van der Waals surface area contributed by atoms with Gasteiger partial charge in [0.15, 0.2) is 0 Å². The lowest BCUT2D eigenvalue weighted by molar-refractivity contribution is -0.133. The summed E-state index contributed by atoms with van der Waals surface area (Å²) in [5.41, 5.74) is 2.68. The Morgan fingerprint density at radius 1 is 1.17 bits per heavy atom. The molecule has 0 aromatic heterocycles. The summed E-state index contributed by atoms with van der Waals surface area (Å²) in [5.74, 6) is -0.430. The first-order chi connectivity index (χ1) is 11.3. The van der Waals surface area contributed by atoms with Gasteiger partial charge in [0, 0.05) is 21.4 Å². The van der Waals surface area contributed by atoms with Crippen molar-refractivity contribution in [2.24, 2.45) is 0 Å². The molecule has 0 aliphatic carbocycles. The molecule has 24 heavy (non-hydrogen) atoms. The Morgan fingerprint density at radius 2 is 1.79 bits per heavy atom. The van der Waals surface area contributed by atoms with Crippen molar-refractivity contribution in [1.29, 1.82) is 0 Å². The fraction of sp³-hybridized carbons (Fsp3) is 0.278. The molecule has 0 saturated carbocycles. The Morgan fingerprint density at radius 3 is 2.33 bits per heavy atom. The molecule has 0 bridgehead atoms. The summed E-state index contributed by atoms with van der Waals surface area (Å²) in [6.07, 6.45) is 0.543. The highest BCUT2D eigenvalue weighted by atomic mass is 35.5.